The highest BCUT2D eigenvalue weighted by Crippen LogP contribution is 2.42. The number of nitrogens with one attached hydrogen (secondary N) is 2. The lowest BCUT2D eigenvalue weighted by molar-refractivity contribution is -0.113. The number of hydrogen-bond acceptors (Lipinski definition) is 7. The van der Waals surface area contributed by atoms with Gasteiger partial charge in [0.05, 0.1) is 30.6 Å². The Balaban J connectivity index is 1.65. The quantitative estimate of drug-likeness (QED) is 0.467. The molecule has 1 saturated carbocycles. The normalized spacial score (nSPS) is 24.0. The van der Waals surface area contributed by atoms with Crippen molar-refractivity contribution >= 4 is 44.6 Å². The average Bonchev–Trinajstić information content (AvgIpc) is 3.22. The summed E-state index contributed by atoms with van der Waals surface area (Å²) in [6, 6.07) is 3.57. The van der Waals surface area contributed by atoms with Gasteiger partial charge in [-0.3, -0.25) is 18.8 Å². The number of fused-ring (bicyclic) bond motifs is 4. The Morgan fingerprint density at radius 3 is 2.84 bits per heavy atom. The number of carbonyl (C=O) groups excluding carboxylic acids is 2. The van der Waals surface area contributed by atoms with Crippen molar-refractivity contribution < 1.29 is 26.7 Å². The minimum Gasteiger partial charge on any atom is -0.390 e. The number of aliphatic imine (C=N–C) groups is 1. The van der Waals surface area contributed by atoms with Crippen molar-refractivity contribution in [1.82, 2.24) is 10.1 Å². The predicted octanol–water partition coefficient (Wildman–Crippen LogP) is 3.83. The maximum atomic E-state index is 13.4. The maximum absolute atomic E-state index is 13.4. The molecule has 2 N–H and O–H groups in total. The van der Waals surface area contributed by atoms with E-state index in [-0.39, 0.29) is 30.5 Å². The molecule has 3 heterocycles. The van der Waals surface area contributed by atoms with Crippen LogP contribution in [0.2, 0.25) is 0 Å². The highest BCUT2D eigenvalue weighted by Gasteiger charge is 2.35. The Kier molecular flexibility index (Phi) is 5.73. The highest BCUT2D eigenvalue weighted by atomic mass is 32.2. The Hall–Kier alpha value is -3.76. The second-order valence-corrected chi connectivity index (χ2v) is 11.3. The molecule has 1 aliphatic heterocycles. The Morgan fingerprint density at radius 1 is 1.14 bits per heavy atom. The molecule has 8 bridgehead atoms. The molecule has 37 heavy (non-hydrogen) atoms. The van der Waals surface area contributed by atoms with Gasteiger partial charge in [-0.1, -0.05) is 0 Å². The second-order valence-electron chi connectivity index (χ2n) is 9.64. The van der Waals surface area contributed by atoms with Gasteiger partial charge in [-0.2, -0.15) is 8.42 Å². The van der Waals surface area contributed by atoms with Crippen LogP contribution in [0, 0.1) is 5.92 Å². The molecule has 2 aromatic heterocycles. The van der Waals surface area contributed by atoms with Crippen molar-refractivity contribution in [2.24, 2.45) is 10.9 Å². The molecule has 10 heteroatoms. The summed E-state index contributed by atoms with van der Waals surface area (Å²) in [6.07, 6.45) is 11.9. The molecule has 190 valence electrons. The summed E-state index contributed by atoms with van der Waals surface area (Å²) in [5.74, 6) is -0.746. The number of ketones is 2. The number of nitrogens with zero attached hydrogens (tertiary/aromatic N) is 1. The SMILES string of the molecule is CS(=O)(=O)OC[C@H]1CCC2=C/C3=C4/C(=O)CC(=O)c5cc(cco[nH]c54)CC/N=C/1C2=Cc1c[nH]cc13. The van der Waals surface area contributed by atoms with Gasteiger partial charge >= 0.3 is 0 Å². The fourth-order valence-electron chi connectivity index (χ4n) is 5.42. The monoisotopic (exact) mass is 519 g/mol. The first-order valence-corrected chi connectivity index (χ1v) is 13.9. The van der Waals surface area contributed by atoms with Gasteiger partial charge in [0.15, 0.2) is 11.6 Å². The zero-order chi connectivity index (χ0) is 25.7. The van der Waals surface area contributed by atoms with Crippen molar-refractivity contribution in [3.8, 4) is 0 Å². The molecular weight excluding hydrogens is 494 g/mol. The van der Waals surface area contributed by atoms with Crippen molar-refractivity contribution in [3.63, 3.8) is 0 Å². The number of hydrogen-bond donors (Lipinski definition) is 2. The van der Waals surface area contributed by atoms with E-state index in [0.29, 0.717) is 48.2 Å². The van der Waals surface area contributed by atoms with E-state index in [9.17, 15) is 18.0 Å². The third-order valence-electron chi connectivity index (χ3n) is 7.15. The highest BCUT2D eigenvalue weighted by molar-refractivity contribution is 7.85. The van der Waals surface area contributed by atoms with Crippen molar-refractivity contribution in [3.05, 3.63) is 76.0 Å². The van der Waals surface area contributed by atoms with E-state index >= 15 is 0 Å². The maximum Gasteiger partial charge on any atom is 0.264 e. The first-order valence-electron chi connectivity index (χ1n) is 12.1. The average molecular weight is 520 g/mol. The number of rotatable bonds is 3. The van der Waals surface area contributed by atoms with Crippen molar-refractivity contribution in [2.75, 3.05) is 19.4 Å². The molecule has 1 fully saturated rings. The summed E-state index contributed by atoms with van der Waals surface area (Å²) in [7, 11) is -3.61. The summed E-state index contributed by atoms with van der Waals surface area (Å²) in [4.78, 5) is 34.5. The summed E-state index contributed by atoms with van der Waals surface area (Å²) < 4.78 is 34.2. The third-order valence-corrected chi connectivity index (χ3v) is 7.72. The lowest BCUT2D eigenvalue weighted by Crippen LogP contribution is -2.29. The predicted molar refractivity (Wildman–Crippen MR) is 138 cm³/mol. The second kappa shape index (κ2) is 8.97. The fraction of sp³-hybridized carbons (Fsp3) is 0.296. The van der Waals surface area contributed by atoms with Crippen molar-refractivity contribution in [1.29, 1.82) is 0 Å². The Morgan fingerprint density at radius 2 is 2.00 bits per heavy atom. The Labute approximate surface area is 213 Å². The van der Waals surface area contributed by atoms with Crippen LogP contribution in [0.5, 0.6) is 0 Å². The number of aromatic amines is 2. The van der Waals surface area contributed by atoms with Crippen LogP contribution in [-0.4, -0.2) is 55.2 Å². The topological polar surface area (TPSA) is 135 Å². The molecule has 2 aromatic rings. The van der Waals surface area contributed by atoms with Gasteiger partial charge in [-0.25, -0.2) is 5.16 Å². The summed E-state index contributed by atoms with van der Waals surface area (Å²) in [5.41, 5.74) is 7.09. The molecule has 3 aliphatic carbocycles. The van der Waals surface area contributed by atoms with Crippen LogP contribution in [0.1, 0.15) is 52.0 Å². The molecule has 0 saturated heterocycles. The largest absolute Gasteiger partial charge is 0.390 e. The minimum absolute atomic E-state index is 0.0133. The van der Waals surface area contributed by atoms with E-state index in [2.05, 4.69) is 10.1 Å². The van der Waals surface area contributed by atoms with Crippen LogP contribution in [0.4, 0.5) is 0 Å². The van der Waals surface area contributed by atoms with Gasteiger partial charge in [0.2, 0.25) is 0 Å². The lowest BCUT2D eigenvalue weighted by atomic mass is 9.79. The van der Waals surface area contributed by atoms with Crippen LogP contribution in [0.3, 0.4) is 0 Å². The standard InChI is InChI=1S/C27H25N3O6S/c1-37(33,34)36-14-17-3-2-16-9-20-22-13-28-12-18(22)10-19(16)26(17)29-6-4-15-5-7-35-30-27-21(8-15)23(31)11-24(32)25(20)27/h5,7-10,12-13,17,28,30H,2-4,6,11,14H2,1H3/b7-5?,15-8?,25-20+,29-26-/t17-/m1/s1. The van der Waals surface area contributed by atoms with E-state index in [1.54, 1.807) is 12.1 Å². The van der Waals surface area contributed by atoms with Crippen molar-refractivity contribution in [2.45, 2.75) is 25.7 Å². The molecule has 6 rings (SSSR count). The molecule has 0 unspecified atom stereocenters. The molecule has 0 radical (unpaired) electrons. The first kappa shape index (κ1) is 23.6. The Bertz CT molecular complexity index is 1620. The van der Waals surface area contributed by atoms with Gasteiger partial charge in [0.25, 0.3) is 10.1 Å². The summed E-state index contributed by atoms with van der Waals surface area (Å²) >= 11 is 0. The number of carbonyl (C=O) groups is 2. The molecular formula is C27H25N3O6S. The lowest BCUT2D eigenvalue weighted by Gasteiger charge is -2.28. The molecule has 4 aliphatic rings. The van der Waals surface area contributed by atoms with Gasteiger partial charge in [0, 0.05) is 47.3 Å². The van der Waals surface area contributed by atoms with Crippen LogP contribution < -0.4 is 0 Å². The summed E-state index contributed by atoms with van der Waals surface area (Å²) in [6.45, 7) is 0.432. The molecule has 0 amide bonds. The van der Waals surface area contributed by atoms with Gasteiger partial charge < -0.3 is 9.51 Å². The molecule has 0 aromatic carbocycles. The van der Waals surface area contributed by atoms with Crippen LogP contribution >= 0.6 is 0 Å². The first-order chi connectivity index (χ1) is 17.8. The number of H-pyrrole nitrogens is 2. The zero-order valence-electron chi connectivity index (χ0n) is 20.2. The van der Waals surface area contributed by atoms with E-state index in [1.807, 2.05) is 24.5 Å². The van der Waals surface area contributed by atoms with Gasteiger partial charge in [0.1, 0.15) is 6.26 Å². The summed E-state index contributed by atoms with van der Waals surface area (Å²) in [5, 5.41) is 2.85. The fourth-order valence-corrected chi connectivity index (χ4v) is 5.83. The van der Waals surface area contributed by atoms with Gasteiger partial charge in [-0.05, 0) is 65.8 Å². The van der Waals surface area contributed by atoms with Crippen LogP contribution in [-0.2, 0) is 25.5 Å². The number of allylic oxidation sites excluding steroid dienone is 5. The molecule has 0 spiro atoms. The van der Waals surface area contributed by atoms with Crippen LogP contribution in [0.25, 0.3) is 17.2 Å². The van der Waals surface area contributed by atoms with E-state index in [0.717, 1.165) is 39.8 Å². The molecule has 9 nitrogen and oxygen atoms in total. The van der Waals surface area contributed by atoms with E-state index in [4.69, 9.17) is 13.7 Å². The van der Waals surface area contributed by atoms with Crippen LogP contribution in [0.15, 0.2) is 57.5 Å². The van der Waals surface area contributed by atoms with E-state index in [1.165, 1.54) is 6.26 Å². The smallest absolute Gasteiger partial charge is 0.264 e. The zero-order valence-corrected chi connectivity index (χ0v) is 21.0. The van der Waals surface area contributed by atoms with E-state index < -0.39 is 10.1 Å². The number of Topliss-reactive ketones (excluding diaryl/α,β-unsaturated/α-hetero) is 2. The van der Waals surface area contributed by atoms with Gasteiger partial charge in [-0.15, -0.1) is 0 Å². The minimum atomic E-state index is -3.61. The molecule has 1 atom stereocenters. The number of aromatic nitrogens is 2. The third kappa shape index (κ3) is 4.36.